The summed E-state index contributed by atoms with van der Waals surface area (Å²) in [5.74, 6) is -3.93. The van der Waals surface area contributed by atoms with Crippen molar-refractivity contribution in [1.82, 2.24) is 15.0 Å². The van der Waals surface area contributed by atoms with E-state index in [0.717, 1.165) is 98.3 Å². The fraction of sp³-hybridized carbons (Fsp3) is 0.0794. The van der Waals surface area contributed by atoms with Gasteiger partial charge in [0.05, 0.1) is 11.1 Å². The summed E-state index contributed by atoms with van der Waals surface area (Å²) >= 11 is 0. The maximum Gasteiger partial charge on any atom is 3.00 e. The number of aromatic nitrogens is 3. The van der Waals surface area contributed by atoms with E-state index < -0.39 is 35.4 Å². The van der Waals surface area contributed by atoms with Gasteiger partial charge in [0, 0.05) is 22.7 Å². The third-order valence-corrected chi connectivity index (χ3v) is 12.4. The molecule has 0 saturated heterocycles. The molecule has 10 rings (SSSR count). The Kier molecular flexibility index (Phi) is 13.5. The predicted octanol–water partition coefficient (Wildman–Crippen LogP) is 15.1. The number of pyridine rings is 3. The number of nitriles is 1. The summed E-state index contributed by atoms with van der Waals surface area (Å²) < 4.78 is 69.0. The molecule has 8 heteroatoms. The molecule has 3 heterocycles. The number of hydrogen-bond donors (Lipinski definition) is 0. The van der Waals surface area contributed by atoms with Crippen LogP contribution in [-0.4, -0.2) is 15.0 Å². The van der Waals surface area contributed by atoms with Crippen molar-refractivity contribution in [3.63, 3.8) is 0 Å². The number of benzene rings is 7. The van der Waals surface area contributed by atoms with E-state index in [-0.39, 0.29) is 31.2 Å². The van der Waals surface area contributed by atoms with Crippen LogP contribution in [0.2, 0.25) is 0 Å². The first-order chi connectivity index (χ1) is 35.5. The van der Waals surface area contributed by atoms with E-state index in [9.17, 15) is 9.65 Å². The molecule has 0 atom stereocenters. The first-order valence-electron chi connectivity index (χ1n) is 24.3. The van der Waals surface area contributed by atoms with Gasteiger partial charge < -0.3 is 15.0 Å². The van der Waals surface area contributed by atoms with Crippen molar-refractivity contribution < 1.29 is 37.4 Å². The van der Waals surface area contributed by atoms with E-state index in [1.165, 1.54) is 30.5 Å². The molecule has 0 spiro atoms. The molecule has 10 aromatic rings. The van der Waals surface area contributed by atoms with Gasteiger partial charge in [-0.15, -0.1) is 94.5 Å². The minimum Gasteiger partial charge on any atom is -0.305 e. The van der Waals surface area contributed by atoms with Crippen molar-refractivity contribution >= 4 is 0 Å². The van der Waals surface area contributed by atoms with Gasteiger partial charge in [-0.3, -0.25) is 0 Å². The van der Waals surface area contributed by atoms with Crippen LogP contribution in [0.15, 0.2) is 188 Å². The van der Waals surface area contributed by atoms with Gasteiger partial charge in [-0.25, -0.2) is 13.2 Å². The van der Waals surface area contributed by atoms with Gasteiger partial charge in [0.2, 0.25) is 0 Å². The van der Waals surface area contributed by atoms with Crippen molar-refractivity contribution in [1.29, 1.82) is 5.26 Å². The molecule has 0 saturated carbocycles. The second-order valence-electron chi connectivity index (χ2n) is 16.9. The van der Waals surface area contributed by atoms with Crippen LogP contribution in [0.3, 0.4) is 0 Å². The molecule has 7 aromatic carbocycles. The maximum absolute atomic E-state index is 15.3. The topological polar surface area (TPSA) is 62.5 Å². The SMILES string of the molecule is [2H]C([2H])([2H])c1ccc(-c2[c-]cc(-c3ccccc3-c3cc(CCc4c[c-]c(-c5ccccn5)cc4)cc(CCc4c[c-]c(-c5ccccn5)cc4)c3)c(-c3ccc(-c4c(F)cc(C#N)c(F)c4F)cc3)c2)nc1.[Ir+3]. The molecule has 0 N–H and O–H groups in total. The van der Waals surface area contributed by atoms with E-state index in [2.05, 4.69) is 81.7 Å². The second kappa shape index (κ2) is 21.7. The molecule has 0 unspecified atom stereocenters. The zero-order valence-electron chi connectivity index (χ0n) is 41.0. The molecular formula is C63H42F3IrN4. The summed E-state index contributed by atoms with van der Waals surface area (Å²) in [6.45, 7) is -2.33. The smallest absolute Gasteiger partial charge is 0.305 e. The standard InChI is InChI=1S/C63H42F3N4.Ir/c1-41-12-31-60(70-40-41)50-29-30-55(56(37-50)46-25-27-49(28-26-46)61-57(64)38-52(39-67)62(65)63(61)66)54-9-3-2-8-53(54)51-35-44(15-13-42-17-21-47(22-18-42)58-10-4-6-32-68-58)34-45(36-51)16-14-43-19-23-48(24-20-43)59-11-5-7-33-69-59;/h2-12,17-21,23,25-28,30-38,40H,13-16H2,1H3;/q-3;+3/i1D3;. The predicted molar refractivity (Wildman–Crippen MR) is 271 cm³/mol. The van der Waals surface area contributed by atoms with Crippen LogP contribution in [0.1, 0.15) is 37.5 Å². The van der Waals surface area contributed by atoms with Gasteiger partial charge in [0.25, 0.3) is 0 Å². The summed E-state index contributed by atoms with van der Waals surface area (Å²) in [7, 11) is 0. The van der Waals surface area contributed by atoms with Crippen LogP contribution in [0, 0.1) is 53.8 Å². The molecule has 71 heavy (non-hydrogen) atoms. The van der Waals surface area contributed by atoms with E-state index >= 15 is 8.78 Å². The summed E-state index contributed by atoms with van der Waals surface area (Å²) in [5, 5.41) is 9.23. The number of aryl methyl sites for hydroxylation is 5. The average Bonchev–Trinajstić information content (AvgIpc) is 3.43. The Morgan fingerprint density at radius 3 is 1.62 bits per heavy atom. The first-order valence-corrected chi connectivity index (χ1v) is 22.8. The molecular weight excluding hydrogens is 1060 g/mol. The molecule has 0 bridgehead atoms. The van der Waals surface area contributed by atoms with E-state index in [1.54, 1.807) is 30.6 Å². The Hall–Kier alpha value is -8.08. The monoisotopic (exact) mass is 1110 g/mol. The van der Waals surface area contributed by atoms with E-state index in [4.69, 9.17) is 4.11 Å². The Morgan fingerprint density at radius 1 is 0.493 bits per heavy atom. The van der Waals surface area contributed by atoms with Gasteiger partial charge in [-0.05, 0) is 93.9 Å². The normalized spacial score (nSPS) is 11.7. The summed E-state index contributed by atoms with van der Waals surface area (Å²) in [4.78, 5) is 13.5. The van der Waals surface area contributed by atoms with Crippen LogP contribution in [0.4, 0.5) is 13.2 Å². The van der Waals surface area contributed by atoms with Crippen molar-refractivity contribution in [2.24, 2.45) is 0 Å². The fourth-order valence-electron chi connectivity index (χ4n) is 8.75. The van der Waals surface area contributed by atoms with Crippen molar-refractivity contribution in [3.05, 3.63) is 257 Å². The molecule has 0 aliphatic rings. The Bertz CT molecular complexity index is 3520. The van der Waals surface area contributed by atoms with Gasteiger partial charge in [0.1, 0.15) is 11.9 Å². The van der Waals surface area contributed by atoms with E-state index in [1.807, 2.05) is 78.9 Å². The van der Waals surface area contributed by atoms with Gasteiger partial charge in [-0.2, -0.15) is 5.26 Å². The number of rotatable bonds is 13. The molecule has 0 aliphatic heterocycles. The minimum atomic E-state index is -2.33. The maximum atomic E-state index is 15.3. The summed E-state index contributed by atoms with van der Waals surface area (Å²) in [5.41, 5.74) is 13.3. The van der Waals surface area contributed by atoms with Gasteiger partial charge in [-0.1, -0.05) is 133 Å². The molecule has 0 aliphatic carbocycles. The van der Waals surface area contributed by atoms with Gasteiger partial charge >= 0.3 is 20.1 Å². The Morgan fingerprint density at radius 2 is 1.07 bits per heavy atom. The van der Waals surface area contributed by atoms with Crippen molar-refractivity contribution in [3.8, 4) is 84.3 Å². The minimum absolute atomic E-state index is 0. The molecule has 3 aromatic heterocycles. The van der Waals surface area contributed by atoms with Crippen LogP contribution in [0.5, 0.6) is 0 Å². The van der Waals surface area contributed by atoms with Crippen LogP contribution in [0.25, 0.3) is 78.3 Å². The first kappa shape index (κ1) is 44.1. The zero-order chi connectivity index (χ0) is 50.5. The van der Waals surface area contributed by atoms with Crippen molar-refractivity contribution in [2.75, 3.05) is 0 Å². The molecule has 344 valence electrons. The van der Waals surface area contributed by atoms with E-state index in [0.29, 0.717) is 22.9 Å². The zero-order valence-corrected chi connectivity index (χ0v) is 40.4. The quantitative estimate of drug-likeness (QED) is 0.0852. The Balaban J connectivity index is 0.00000672. The molecule has 0 fully saturated rings. The number of halogens is 3. The number of nitrogens with zero attached hydrogens (tertiary/aromatic N) is 4. The van der Waals surface area contributed by atoms with Crippen LogP contribution >= 0.6 is 0 Å². The number of hydrogen-bond acceptors (Lipinski definition) is 4. The second-order valence-corrected chi connectivity index (χ2v) is 16.9. The van der Waals surface area contributed by atoms with Crippen LogP contribution in [-0.2, 0) is 45.8 Å². The largest absolute Gasteiger partial charge is 3.00 e. The fourth-order valence-corrected chi connectivity index (χ4v) is 8.75. The third-order valence-electron chi connectivity index (χ3n) is 12.4. The summed E-state index contributed by atoms with van der Waals surface area (Å²) in [6, 6.07) is 64.9. The third kappa shape index (κ3) is 10.7. The average molecular weight is 1110 g/mol. The Labute approximate surface area is 429 Å². The van der Waals surface area contributed by atoms with Crippen molar-refractivity contribution in [2.45, 2.75) is 32.5 Å². The molecule has 4 nitrogen and oxygen atoms in total. The van der Waals surface area contributed by atoms with Crippen LogP contribution < -0.4 is 0 Å². The molecule has 0 amide bonds. The summed E-state index contributed by atoms with van der Waals surface area (Å²) in [6.07, 6.45) is 8.00. The molecule has 0 radical (unpaired) electrons. The van der Waals surface area contributed by atoms with Gasteiger partial charge in [0.15, 0.2) is 11.6 Å².